The van der Waals surface area contributed by atoms with Crippen molar-refractivity contribution < 1.29 is 21.6 Å². The Kier molecular flexibility index (Phi) is 7.34. The van der Waals surface area contributed by atoms with E-state index in [4.69, 9.17) is 0 Å². The van der Waals surface area contributed by atoms with E-state index >= 15 is 0 Å². The molecule has 1 amide bonds. The van der Waals surface area contributed by atoms with Gasteiger partial charge < -0.3 is 0 Å². The molecule has 0 fully saturated rings. The summed E-state index contributed by atoms with van der Waals surface area (Å²) < 4.78 is 53.5. The van der Waals surface area contributed by atoms with Gasteiger partial charge in [-0.25, -0.2) is 21.8 Å². The zero-order valence-electron chi connectivity index (χ0n) is 22.7. The molecule has 0 saturated carbocycles. The van der Waals surface area contributed by atoms with E-state index in [9.17, 15) is 21.6 Å². The molecule has 0 saturated heterocycles. The van der Waals surface area contributed by atoms with Crippen molar-refractivity contribution in [2.24, 2.45) is 0 Å². The predicted octanol–water partition coefficient (Wildman–Crippen LogP) is 5.69. The fourth-order valence-electron chi connectivity index (χ4n) is 5.03. The number of nitrogens with zero attached hydrogens (tertiary/aromatic N) is 3. The van der Waals surface area contributed by atoms with Crippen LogP contribution in [0.2, 0.25) is 0 Å². The predicted molar refractivity (Wildman–Crippen MR) is 165 cm³/mol. The van der Waals surface area contributed by atoms with E-state index in [-0.39, 0.29) is 22.2 Å². The first-order valence-electron chi connectivity index (χ1n) is 13.3. The molecule has 0 bridgehead atoms. The molecule has 0 radical (unpaired) electrons. The van der Waals surface area contributed by atoms with Crippen LogP contribution in [-0.2, 0) is 32.8 Å². The van der Waals surface area contributed by atoms with E-state index in [0.717, 1.165) is 30.2 Å². The lowest BCUT2D eigenvalue weighted by Crippen LogP contribution is -2.35. The molecule has 0 atom stereocenters. The average Bonchev–Trinajstić information content (AvgIpc) is 3.43. The van der Waals surface area contributed by atoms with E-state index in [1.54, 1.807) is 12.1 Å². The molecule has 0 aliphatic carbocycles. The van der Waals surface area contributed by atoms with Crippen molar-refractivity contribution in [3.05, 3.63) is 114 Å². The maximum absolute atomic E-state index is 13.9. The molecule has 8 nitrogen and oxygen atoms in total. The van der Waals surface area contributed by atoms with Crippen molar-refractivity contribution in [3.63, 3.8) is 0 Å². The summed E-state index contributed by atoms with van der Waals surface area (Å²) in [5.74, 6) is -0.353. The number of carbonyl (C=O) groups excluding carboxylic acids is 1. The fraction of sp³-hybridized carbons (Fsp3) is 0.161. The van der Waals surface area contributed by atoms with Gasteiger partial charge in [-0.2, -0.15) is 0 Å². The molecule has 0 N–H and O–H groups in total. The third kappa shape index (κ3) is 5.42. The number of rotatable bonds is 7. The Morgan fingerprint density at radius 2 is 1.57 bits per heavy atom. The van der Waals surface area contributed by atoms with Gasteiger partial charge in [0.2, 0.25) is 0 Å². The van der Waals surface area contributed by atoms with Gasteiger partial charge in [-0.3, -0.25) is 14.0 Å². The first-order chi connectivity index (χ1) is 20.1. The molecule has 0 unspecified atom stereocenters. The molecule has 214 valence electrons. The number of hydrogen-bond acceptors (Lipinski definition) is 7. The van der Waals surface area contributed by atoms with Crippen molar-refractivity contribution in [3.8, 4) is 0 Å². The largest absolute Gasteiger partial charge is 0.279 e. The van der Waals surface area contributed by atoms with Gasteiger partial charge in [0.1, 0.15) is 0 Å². The SMILES string of the molecule is CS(=O)(=O)c1ccc2nc(N(Cc3ccccc3)C(=O)c3ccc(S(=O)(=O)N4CCCc5ccccc54)cc3)sc2c1. The number of aromatic nitrogens is 1. The molecule has 11 heteroatoms. The first-order valence-corrected chi connectivity index (χ1v) is 17.4. The minimum Gasteiger partial charge on any atom is -0.279 e. The minimum absolute atomic E-state index is 0.110. The normalized spacial score (nSPS) is 13.6. The highest BCUT2D eigenvalue weighted by Crippen LogP contribution is 2.34. The van der Waals surface area contributed by atoms with Crippen LogP contribution in [0.3, 0.4) is 0 Å². The van der Waals surface area contributed by atoms with Crippen molar-refractivity contribution in [2.75, 3.05) is 22.0 Å². The van der Waals surface area contributed by atoms with E-state index < -0.39 is 19.9 Å². The van der Waals surface area contributed by atoms with Crippen LogP contribution in [0.25, 0.3) is 10.2 Å². The molecule has 5 aromatic rings. The van der Waals surface area contributed by atoms with Gasteiger partial charge >= 0.3 is 0 Å². The van der Waals surface area contributed by atoms with Crippen LogP contribution in [0, 0.1) is 0 Å². The summed E-state index contributed by atoms with van der Waals surface area (Å²) in [4.78, 5) is 20.4. The molecule has 2 heterocycles. The maximum atomic E-state index is 13.9. The lowest BCUT2D eigenvalue weighted by Gasteiger charge is -2.30. The zero-order chi connectivity index (χ0) is 29.5. The van der Waals surface area contributed by atoms with Crippen LogP contribution in [0.5, 0.6) is 0 Å². The van der Waals surface area contributed by atoms with Crippen molar-refractivity contribution in [1.82, 2.24) is 4.98 Å². The number of thiazole rings is 1. The van der Waals surface area contributed by atoms with E-state index in [1.165, 1.54) is 50.9 Å². The van der Waals surface area contributed by atoms with Crippen molar-refractivity contribution in [1.29, 1.82) is 0 Å². The smallest absolute Gasteiger partial charge is 0.264 e. The van der Waals surface area contributed by atoms with Crippen LogP contribution >= 0.6 is 11.3 Å². The Labute approximate surface area is 248 Å². The number of amides is 1. The van der Waals surface area contributed by atoms with Gasteiger partial charge in [0.15, 0.2) is 15.0 Å². The summed E-state index contributed by atoms with van der Waals surface area (Å²) in [6, 6.07) is 27.7. The van der Waals surface area contributed by atoms with Gasteiger partial charge in [0.25, 0.3) is 15.9 Å². The number of para-hydroxylation sites is 1. The lowest BCUT2D eigenvalue weighted by molar-refractivity contribution is 0.0985. The zero-order valence-corrected chi connectivity index (χ0v) is 25.1. The summed E-state index contributed by atoms with van der Waals surface area (Å²) in [7, 11) is -7.23. The Bertz CT molecular complexity index is 2010. The summed E-state index contributed by atoms with van der Waals surface area (Å²) >= 11 is 1.22. The van der Waals surface area contributed by atoms with E-state index in [0.29, 0.717) is 33.1 Å². The Hall–Kier alpha value is -4.06. The number of benzene rings is 4. The molecule has 6 rings (SSSR count). The number of fused-ring (bicyclic) bond motifs is 2. The molecule has 4 aromatic carbocycles. The van der Waals surface area contributed by atoms with Gasteiger partial charge in [0, 0.05) is 18.4 Å². The Balaban J connectivity index is 1.34. The van der Waals surface area contributed by atoms with Crippen molar-refractivity contribution in [2.45, 2.75) is 29.2 Å². The third-order valence-electron chi connectivity index (χ3n) is 7.19. The number of anilines is 2. The molecule has 1 aliphatic heterocycles. The van der Waals surface area contributed by atoms with Gasteiger partial charge in [-0.1, -0.05) is 59.9 Å². The minimum atomic E-state index is -3.82. The van der Waals surface area contributed by atoms with Crippen molar-refractivity contribution >= 4 is 58.1 Å². The Morgan fingerprint density at radius 1 is 0.881 bits per heavy atom. The van der Waals surface area contributed by atoms with Gasteiger partial charge in [-0.15, -0.1) is 0 Å². The number of hydrogen-bond donors (Lipinski definition) is 0. The summed E-state index contributed by atoms with van der Waals surface area (Å²) in [6.45, 7) is 0.618. The fourth-order valence-corrected chi connectivity index (χ4v) is 8.30. The summed E-state index contributed by atoms with van der Waals surface area (Å²) in [6.07, 6.45) is 2.71. The van der Waals surface area contributed by atoms with Crippen LogP contribution in [-0.4, -0.2) is 40.5 Å². The van der Waals surface area contributed by atoms with E-state index in [1.807, 2.05) is 54.6 Å². The second-order valence-corrected chi connectivity index (χ2v) is 15.0. The van der Waals surface area contributed by atoms with Crippen LogP contribution in [0.1, 0.15) is 27.9 Å². The van der Waals surface area contributed by atoms with Crippen LogP contribution < -0.4 is 9.21 Å². The first kappa shape index (κ1) is 28.1. The summed E-state index contributed by atoms with van der Waals surface area (Å²) in [5, 5.41) is 0.408. The second kappa shape index (κ2) is 11.0. The number of sulfonamides is 1. The quantitative estimate of drug-likeness (QED) is 0.233. The molecular weight excluding hydrogens is 591 g/mol. The van der Waals surface area contributed by atoms with Crippen LogP contribution in [0.4, 0.5) is 10.8 Å². The second-order valence-electron chi connectivity index (χ2n) is 10.1. The number of sulfone groups is 1. The van der Waals surface area contributed by atoms with Gasteiger partial charge in [0.05, 0.1) is 32.2 Å². The maximum Gasteiger partial charge on any atom is 0.264 e. The number of aryl methyl sites for hydroxylation is 1. The van der Waals surface area contributed by atoms with Gasteiger partial charge in [-0.05, 0) is 72.5 Å². The van der Waals surface area contributed by atoms with Crippen LogP contribution in [0.15, 0.2) is 107 Å². The standard InChI is InChI=1S/C31H27N3O5S3/c1-41(36,37)26-17-18-27-29(20-26)40-31(32-27)33(21-22-8-3-2-4-9-22)30(35)24-13-15-25(16-14-24)42(38,39)34-19-7-11-23-10-5-6-12-28(23)34/h2-6,8-10,12-18,20H,7,11,19,21H2,1H3. The Morgan fingerprint density at radius 3 is 2.31 bits per heavy atom. The lowest BCUT2D eigenvalue weighted by atomic mass is 10.0. The number of carbonyl (C=O) groups is 1. The molecule has 1 aromatic heterocycles. The molecular formula is C31H27N3O5S3. The van der Waals surface area contributed by atoms with E-state index in [2.05, 4.69) is 4.98 Å². The molecule has 0 spiro atoms. The third-order valence-corrected chi connectivity index (χ3v) is 11.2. The summed E-state index contributed by atoms with van der Waals surface area (Å²) in [5.41, 5.74) is 3.45. The monoisotopic (exact) mass is 617 g/mol. The molecule has 1 aliphatic rings. The highest BCUT2D eigenvalue weighted by atomic mass is 32.2. The highest BCUT2D eigenvalue weighted by molar-refractivity contribution is 7.92. The topological polar surface area (TPSA) is 105 Å². The highest BCUT2D eigenvalue weighted by Gasteiger charge is 2.29. The molecule has 42 heavy (non-hydrogen) atoms. The average molecular weight is 618 g/mol.